The Labute approximate surface area is 186 Å². The molecule has 0 atom stereocenters. The van der Waals surface area contributed by atoms with E-state index < -0.39 is 5.91 Å². The number of piperazine rings is 1. The van der Waals surface area contributed by atoms with Gasteiger partial charge in [-0.2, -0.15) is 0 Å². The Kier molecular flexibility index (Phi) is 5.89. The zero-order valence-corrected chi connectivity index (χ0v) is 18.5. The van der Waals surface area contributed by atoms with Gasteiger partial charge in [-0.3, -0.25) is 9.59 Å². The topological polar surface area (TPSA) is 62.3 Å². The number of nitrogens with zero attached hydrogens (tertiary/aromatic N) is 3. The minimum Gasteiger partial charge on any atom is -0.497 e. The molecule has 2 aliphatic heterocycles. The molecule has 2 aromatic carbocycles. The smallest absolute Gasteiger partial charge is 0.282 e. The van der Waals surface area contributed by atoms with Crippen molar-refractivity contribution < 1.29 is 19.1 Å². The normalized spacial score (nSPS) is 17.5. The molecule has 0 spiro atoms. The van der Waals surface area contributed by atoms with Crippen LogP contribution in [0.5, 0.6) is 11.5 Å². The van der Waals surface area contributed by atoms with Gasteiger partial charge in [0, 0.05) is 37.3 Å². The number of amides is 2. The van der Waals surface area contributed by atoms with Crippen molar-refractivity contribution in [2.24, 2.45) is 0 Å². The van der Waals surface area contributed by atoms with Crippen LogP contribution >= 0.6 is 11.6 Å². The van der Waals surface area contributed by atoms with Gasteiger partial charge >= 0.3 is 0 Å². The highest BCUT2D eigenvalue weighted by Gasteiger charge is 2.44. The fraction of sp³-hybridized carbons (Fsp3) is 0.304. The van der Waals surface area contributed by atoms with Crippen LogP contribution in [0.1, 0.15) is 5.56 Å². The summed E-state index contributed by atoms with van der Waals surface area (Å²) in [7, 11) is 5.08. The summed E-state index contributed by atoms with van der Waals surface area (Å²) in [5, 5.41) is 0.564. The standard InChI is InChI=1S/C23H24ClN3O4/c1-25-10-12-26(13-11-25)21-20(15-4-6-16(24)7-5-15)22(28)27(23(21)29)18-14-17(30-2)8-9-19(18)31-3/h4-9,14H,10-13H2,1-3H3. The first-order valence-corrected chi connectivity index (χ1v) is 10.4. The third-order valence-corrected chi connectivity index (χ3v) is 5.89. The van der Waals surface area contributed by atoms with Crippen LogP contribution in [0.15, 0.2) is 48.2 Å². The van der Waals surface area contributed by atoms with Crippen LogP contribution in [0.2, 0.25) is 5.02 Å². The average molecular weight is 442 g/mol. The van der Waals surface area contributed by atoms with E-state index in [1.165, 1.54) is 19.1 Å². The number of imide groups is 1. The molecule has 162 valence electrons. The van der Waals surface area contributed by atoms with Gasteiger partial charge in [0.1, 0.15) is 17.2 Å². The summed E-state index contributed by atoms with van der Waals surface area (Å²) in [5.74, 6) is 0.175. The summed E-state index contributed by atoms with van der Waals surface area (Å²) in [6, 6.07) is 12.0. The maximum Gasteiger partial charge on any atom is 0.282 e. The van der Waals surface area contributed by atoms with Gasteiger partial charge in [0.25, 0.3) is 11.8 Å². The molecule has 0 saturated carbocycles. The summed E-state index contributed by atoms with van der Waals surface area (Å²) in [4.78, 5) is 32.7. The van der Waals surface area contributed by atoms with E-state index in [1.54, 1.807) is 42.5 Å². The Morgan fingerprint density at radius 3 is 2.16 bits per heavy atom. The number of hydrogen-bond acceptors (Lipinski definition) is 6. The fourth-order valence-corrected chi connectivity index (χ4v) is 4.03. The van der Waals surface area contributed by atoms with Gasteiger partial charge in [0.05, 0.1) is 25.5 Å². The Bertz CT molecular complexity index is 1040. The molecule has 1 saturated heterocycles. The van der Waals surface area contributed by atoms with E-state index >= 15 is 0 Å². The minimum atomic E-state index is -0.396. The zero-order chi connectivity index (χ0) is 22.1. The summed E-state index contributed by atoms with van der Waals surface area (Å²) >= 11 is 6.06. The number of hydrogen-bond donors (Lipinski definition) is 0. The molecular formula is C23H24ClN3O4. The predicted octanol–water partition coefficient (Wildman–Crippen LogP) is 2.89. The van der Waals surface area contributed by atoms with E-state index in [0.717, 1.165) is 13.1 Å². The number of halogens is 1. The number of likely N-dealkylation sites (N-methyl/N-ethyl adjacent to an activating group) is 1. The van der Waals surface area contributed by atoms with Crippen molar-refractivity contribution in [2.45, 2.75) is 0 Å². The molecule has 8 heteroatoms. The van der Waals surface area contributed by atoms with E-state index in [1.807, 2.05) is 11.9 Å². The highest BCUT2D eigenvalue weighted by Crippen LogP contribution is 2.40. The Hall–Kier alpha value is -3.03. The van der Waals surface area contributed by atoms with Gasteiger partial charge < -0.3 is 19.3 Å². The molecule has 0 unspecified atom stereocenters. The molecule has 0 aliphatic carbocycles. The van der Waals surface area contributed by atoms with E-state index in [4.69, 9.17) is 21.1 Å². The molecule has 0 N–H and O–H groups in total. The van der Waals surface area contributed by atoms with Gasteiger partial charge in [-0.25, -0.2) is 4.90 Å². The summed E-state index contributed by atoms with van der Waals surface area (Å²) in [6.07, 6.45) is 0. The second-order valence-electron chi connectivity index (χ2n) is 7.50. The second kappa shape index (κ2) is 8.61. The molecule has 1 fully saturated rings. The van der Waals surface area contributed by atoms with Gasteiger partial charge in [0.2, 0.25) is 0 Å². The number of benzene rings is 2. The van der Waals surface area contributed by atoms with Crippen molar-refractivity contribution in [2.75, 3.05) is 52.3 Å². The lowest BCUT2D eigenvalue weighted by Crippen LogP contribution is -2.46. The second-order valence-corrected chi connectivity index (χ2v) is 7.94. The number of rotatable bonds is 5. The molecule has 0 aromatic heterocycles. The quantitative estimate of drug-likeness (QED) is 0.665. The third-order valence-electron chi connectivity index (χ3n) is 5.64. The molecule has 2 aromatic rings. The molecule has 2 heterocycles. The van der Waals surface area contributed by atoms with Crippen LogP contribution in [0.25, 0.3) is 5.57 Å². The van der Waals surface area contributed by atoms with Gasteiger partial charge in [0.15, 0.2) is 0 Å². The van der Waals surface area contributed by atoms with Crippen molar-refractivity contribution in [1.29, 1.82) is 0 Å². The van der Waals surface area contributed by atoms with E-state index in [2.05, 4.69) is 4.90 Å². The highest BCUT2D eigenvalue weighted by molar-refractivity contribution is 6.45. The lowest BCUT2D eigenvalue weighted by Gasteiger charge is -2.34. The van der Waals surface area contributed by atoms with Crippen LogP contribution in [-0.4, -0.2) is 69.1 Å². The van der Waals surface area contributed by atoms with Crippen molar-refractivity contribution in [1.82, 2.24) is 9.80 Å². The first-order valence-electron chi connectivity index (χ1n) is 9.99. The van der Waals surface area contributed by atoms with Gasteiger partial charge in [-0.05, 0) is 36.9 Å². The highest BCUT2D eigenvalue weighted by atomic mass is 35.5. The lowest BCUT2D eigenvalue weighted by atomic mass is 10.0. The number of methoxy groups -OCH3 is 2. The van der Waals surface area contributed by atoms with Crippen molar-refractivity contribution in [3.63, 3.8) is 0 Å². The van der Waals surface area contributed by atoms with E-state index in [9.17, 15) is 9.59 Å². The molecule has 0 radical (unpaired) electrons. The van der Waals surface area contributed by atoms with Crippen LogP contribution in [0, 0.1) is 0 Å². The minimum absolute atomic E-state index is 0.354. The largest absolute Gasteiger partial charge is 0.497 e. The molecule has 2 aliphatic rings. The summed E-state index contributed by atoms with van der Waals surface area (Å²) < 4.78 is 10.8. The molecular weight excluding hydrogens is 418 g/mol. The van der Waals surface area contributed by atoms with Crippen molar-refractivity contribution in [3.05, 3.63) is 58.7 Å². The maximum atomic E-state index is 13.7. The lowest BCUT2D eigenvalue weighted by molar-refractivity contribution is -0.120. The monoisotopic (exact) mass is 441 g/mol. The van der Waals surface area contributed by atoms with E-state index in [-0.39, 0.29) is 5.91 Å². The predicted molar refractivity (Wildman–Crippen MR) is 119 cm³/mol. The first-order chi connectivity index (χ1) is 14.9. The Balaban J connectivity index is 1.84. The molecule has 4 rings (SSSR count). The Morgan fingerprint density at radius 2 is 1.55 bits per heavy atom. The average Bonchev–Trinajstić information content (AvgIpc) is 3.04. The third kappa shape index (κ3) is 3.86. The van der Waals surface area contributed by atoms with Crippen LogP contribution in [-0.2, 0) is 9.59 Å². The van der Waals surface area contributed by atoms with Crippen LogP contribution in [0.4, 0.5) is 5.69 Å². The first kappa shape index (κ1) is 21.2. The van der Waals surface area contributed by atoms with E-state index in [0.29, 0.717) is 52.1 Å². The van der Waals surface area contributed by atoms with Crippen molar-refractivity contribution >= 4 is 34.7 Å². The van der Waals surface area contributed by atoms with Gasteiger partial charge in [-0.1, -0.05) is 23.7 Å². The molecule has 0 bridgehead atoms. The fourth-order valence-electron chi connectivity index (χ4n) is 3.91. The zero-order valence-electron chi connectivity index (χ0n) is 17.7. The van der Waals surface area contributed by atoms with Crippen LogP contribution < -0.4 is 14.4 Å². The van der Waals surface area contributed by atoms with Gasteiger partial charge in [-0.15, -0.1) is 0 Å². The summed E-state index contributed by atoms with van der Waals surface area (Å²) in [5.41, 5.74) is 1.79. The van der Waals surface area contributed by atoms with Crippen LogP contribution in [0.3, 0.4) is 0 Å². The number of ether oxygens (including phenoxy) is 2. The van der Waals surface area contributed by atoms with Crippen molar-refractivity contribution in [3.8, 4) is 11.5 Å². The molecule has 2 amide bonds. The Morgan fingerprint density at radius 1 is 0.871 bits per heavy atom. The maximum absolute atomic E-state index is 13.7. The number of carbonyl (C=O) groups is 2. The number of anilines is 1. The summed E-state index contributed by atoms with van der Waals surface area (Å²) in [6.45, 7) is 2.93. The molecule has 7 nitrogen and oxygen atoms in total. The SMILES string of the molecule is COc1ccc(OC)c(N2C(=O)C(c3ccc(Cl)cc3)=C(N3CCN(C)CC3)C2=O)c1. The number of carbonyl (C=O) groups excluding carboxylic acids is 2. The molecule has 31 heavy (non-hydrogen) atoms.